The van der Waals surface area contributed by atoms with E-state index in [9.17, 15) is 0 Å². The van der Waals surface area contributed by atoms with Crippen LogP contribution in [0.3, 0.4) is 0 Å². The number of hydrogen-bond acceptors (Lipinski definition) is 1. The first-order chi connectivity index (χ1) is 9.08. The molecule has 0 aromatic heterocycles. The molecule has 2 rings (SSSR count). The minimum Gasteiger partial charge on any atom is -0.360 e. The highest BCUT2D eigenvalue weighted by molar-refractivity contribution is 7.80. The lowest BCUT2D eigenvalue weighted by Gasteiger charge is -2.30. The minimum absolute atomic E-state index is 0.222. The van der Waals surface area contributed by atoms with Gasteiger partial charge in [-0.1, -0.05) is 36.6 Å². The Morgan fingerprint density at radius 1 is 1.42 bits per heavy atom. The molecule has 1 aromatic carbocycles. The molecule has 1 fully saturated rings. The first kappa shape index (κ1) is 14.6. The van der Waals surface area contributed by atoms with E-state index in [-0.39, 0.29) is 6.04 Å². The van der Waals surface area contributed by atoms with Gasteiger partial charge >= 0.3 is 0 Å². The molecule has 0 radical (unpaired) electrons. The fourth-order valence-electron chi connectivity index (χ4n) is 2.51. The Kier molecular flexibility index (Phi) is 5.06. The molecule has 4 heteroatoms. The normalized spacial score (nSPS) is 17.2. The van der Waals surface area contributed by atoms with Crippen LogP contribution >= 0.6 is 23.8 Å². The third kappa shape index (κ3) is 3.83. The summed E-state index contributed by atoms with van der Waals surface area (Å²) in [5, 5.41) is 5.07. The number of rotatable bonds is 3. The molecule has 1 aromatic rings. The van der Waals surface area contributed by atoms with Crippen LogP contribution in [-0.2, 0) is 0 Å². The maximum Gasteiger partial charge on any atom is 0.169 e. The molecule has 1 aliphatic rings. The van der Waals surface area contributed by atoms with Crippen molar-refractivity contribution in [3.05, 3.63) is 34.9 Å². The predicted molar refractivity (Wildman–Crippen MR) is 85.6 cm³/mol. The van der Waals surface area contributed by atoms with E-state index in [4.69, 9.17) is 23.8 Å². The van der Waals surface area contributed by atoms with Crippen LogP contribution in [0.5, 0.6) is 0 Å². The van der Waals surface area contributed by atoms with Gasteiger partial charge in [-0.25, -0.2) is 0 Å². The monoisotopic (exact) mass is 296 g/mol. The molecular weight excluding hydrogens is 276 g/mol. The zero-order chi connectivity index (χ0) is 13.8. The highest BCUT2D eigenvalue weighted by Gasteiger charge is 2.20. The maximum absolute atomic E-state index is 6.04. The lowest BCUT2D eigenvalue weighted by Crippen LogP contribution is -2.42. The molecule has 104 valence electrons. The summed E-state index contributed by atoms with van der Waals surface area (Å²) in [6.07, 6.45) is 5.10. The molecule has 0 aliphatic heterocycles. The van der Waals surface area contributed by atoms with Crippen molar-refractivity contribution in [2.24, 2.45) is 0 Å². The van der Waals surface area contributed by atoms with Crippen molar-refractivity contribution in [1.29, 1.82) is 0 Å². The Labute approximate surface area is 126 Å². The Morgan fingerprint density at radius 2 is 2.11 bits per heavy atom. The standard InChI is InChI=1S/C15H21ClN2S/c1-11(12-6-5-7-13(16)10-12)18(2)15(19)17-14-8-3-4-9-14/h5-7,10-11,14H,3-4,8-9H2,1-2H3,(H,17,19). The summed E-state index contributed by atoms with van der Waals surface area (Å²) >= 11 is 11.5. The van der Waals surface area contributed by atoms with E-state index in [0.717, 1.165) is 10.1 Å². The SMILES string of the molecule is CC(c1cccc(Cl)c1)N(C)C(=S)NC1CCCC1. The lowest BCUT2D eigenvalue weighted by atomic mass is 10.1. The highest BCUT2D eigenvalue weighted by Crippen LogP contribution is 2.23. The largest absolute Gasteiger partial charge is 0.360 e. The van der Waals surface area contributed by atoms with E-state index in [0.29, 0.717) is 6.04 Å². The van der Waals surface area contributed by atoms with E-state index in [1.807, 2.05) is 25.2 Å². The molecule has 1 aliphatic carbocycles. The Hall–Kier alpha value is -0.800. The number of hydrogen-bond donors (Lipinski definition) is 1. The third-order valence-corrected chi connectivity index (χ3v) is 4.56. The molecule has 1 unspecified atom stereocenters. The van der Waals surface area contributed by atoms with E-state index < -0.39 is 0 Å². The van der Waals surface area contributed by atoms with Crippen LogP contribution in [-0.4, -0.2) is 23.1 Å². The molecule has 2 nitrogen and oxygen atoms in total. The predicted octanol–water partition coefficient (Wildman–Crippen LogP) is 4.15. The second-order valence-corrected chi connectivity index (χ2v) is 6.10. The van der Waals surface area contributed by atoms with Crippen LogP contribution < -0.4 is 5.32 Å². The Bertz CT molecular complexity index is 444. The molecular formula is C15H21ClN2S. The van der Waals surface area contributed by atoms with Gasteiger partial charge in [0.2, 0.25) is 0 Å². The summed E-state index contributed by atoms with van der Waals surface area (Å²) < 4.78 is 0. The average molecular weight is 297 g/mol. The fraction of sp³-hybridized carbons (Fsp3) is 0.533. The molecule has 0 amide bonds. The quantitative estimate of drug-likeness (QED) is 0.844. The van der Waals surface area contributed by atoms with Crippen molar-refractivity contribution in [1.82, 2.24) is 10.2 Å². The van der Waals surface area contributed by atoms with Gasteiger partial charge in [0.1, 0.15) is 0 Å². The molecule has 1 saturated carbocycles. The van der Waals surface area contributed by atoms with Crippen molar-refractivity contribution in [3.8, 4) is 0 Å². The second kappa shape index (κ2) is 6.58. The van der Waals surface area contributed by atoms with Crippen LogP contribution in [0.15, 0.2) is 24.3 Å². The third-order valence-electron chi connectivity index (χ3n) is 3.92. The van der Waals surface area contributed by atoms with Crippen LogP contribution in [0.25, 0.3) is 0 Å². The summed E-state index contributed by atoms with van der Waals surface area (Å²) in [6, 6.07) is 8.75. The topological polar surface area (TPSA) is 15.3 Å². The number of nitrogens with one attached hydrogen (secondary N) is 1. The Balaban J connectivity index is 1.97. The second-order valence-electron chi connectivity index (χ2n) is 5.27. The van der Waals surface area contributed by atoms with Gasteiger partial charge in [0.15, 0.2) is 5.11 Å². The zero-order valence-corrected chi connectivity index (χ0v) is 13.1. The number of nitrogens with zero attached hydrogens (tertiary/aromatic N) is 1. The molecule has 0 bridgehead atoms. The molecule has 0 spiro atoms. The molecule has 1 N–H and O–H groups in total. The van der Waals surface area contributed by atoms with Gasteiger partial charge in [-0.05, 0) is 49.7 Å². The van der Waals surface area contributed by atoms with Gasteiger partial charge in [-0.2, -0.15) is 0 Å². The summed E-state index contributed by atoms with van der Waals surface area (Å²) in [5.41, 5.74) is 1.19. The van der Waals surface area contributed by atoms with Crippen LogP contribution in [0.4, 0.5) is 0 Å². The summed E-state index contributed by atoms with van der Waals surface area (Å²) in [5.74, 6) is 0. The molecule has 19 heavy (non-hydrogen) atoms. The van der Waals surface area contributed by atoms with Gasteiger partial charge in [0.25, 0.3) is 0 Å². The van der Waals surface area contributed by atoms with Gasteiger partial charge < -0.3 is 10.2 Å². The van der Waals surface area contributed by atoms with Crippen LogP contribution in [0.2, 0.25) is 5.02 Å². The van der Waals surface area contributed by atoms with E-state index in [1.165, 1.54) is 31.2 Å². The van der Waals surface area contributed by atoms with E-state index in [2.05, 4.69) is 23.2 Å². The first-order valence-electron chi connectivity index (χ1n) is 6.86. The summed E-state index contributed by atoms with van der Waals surface area (Å²) in [4.78, 5) is 2.11. The van der Waals surface area contributed by atoms with Crippen molar-refractivity contribution < 1.29 is 0 Å². The molecule has 1 atom stereocenters. The average Bonchev–Trinajstić information content (AvgIpc) is 2.89. The minimum atomic E-state index is 0.222. The van der Waals surface area contributed by atoms with Gasteiger partial charge in [0.05, 0.1) is 6.04 Å². The van der Waals surface area contributed by atoms with Crippen molar-refractivity contribution in [3.63, 3.8) is 0 Å². The van der Waals surface area contributed by atoms with Crippen molar-refractivity contribution in [2.75, 3.05) is 7.05 Å². The number of benzene rings is 1. The van der Waals surface area contributed by atoms with Gasteiger partial charge in [0, 0.05) is 18.1 Å². The first-order valence-corrected chi connectivity index (χ1v) is 7.65. The number of halogens is 1. The fourth-order valence-corrected chi connectivity index (χ4v) is 3.04. The van der Waals surface area contributed by atoms with Gasteiger partial charge in [-0.15, -0.1) is 0 Å². The van der Waals surface area contributed by atoms with Gasteiger partial charge in [-0.3, -0.25) is 0 Å². The number of thiocarbonyl (C=S) groups is 1. The van der Waals surface area contributed by atoms with Crippen LogP contribution in [0.1, 0.15) is 44.2 Å². The van der Waals surface area contributed by atoms with Crippen LogP contribution in [0, 0.1) is 0 Å². The molecule has 0 heterocycles. The van der Waals surface area contributed by atoms with E-state index in [1.54, 1.807) is 0 Å². The van der Waals surface area contributed by atoms with E-state index >= 15 is 0 Å². The zero-order valence-electron chi connectivity index (χ0n) is 11.5. The summed E-state index contributed by atoms with van der Waals surface area (Å²) in [7, 11) is 2.04. The molecule has 0 saturated heterocycles. The summed E-state index contributed by atoms with van der Waals surface area (Å²) in [6.45, 7) is 2.15. The smallest absolute Gasteiger partial charge is 0.169 e. The maximum atomic E-state index is 6.04. The lowest BCUT2D eigenvalue weighted by molar-refractivity contribution is 0.388. The Morgan fingerprint density at radius 3 is 2.74 bits per heavy atom. The van der Waals surface area contributed by atoms with Crippen molar-refractivity contribution >= 4 is 28.9 Å². The highest BCUT2D eigenvalue weighted by atomic mass is 35.5. The van der Waals surface area contributed by atoms with Crippen molar-refractivity contribution in [2.45, 2.75) is 44.7 Å².